The number of carbonyl (C=O) groups excluding carboxylic acids is 1. The molecule has 2 unspecified atom stereocenters. The van der Waals surface area contributed by atoms with Gasteiger partial charge in [0.25, 0.3) is 5.60 Å². The molecule has 7 heteroatoms. The molecule has 4 N–H and O–H groups in total. The summed E-state index contributed by atoms with van der Waals surface area (Å²) in [5, 5.41) is 33.5. The first kappa shape index (κ1) is 15.8. The molecular weight excluding hydrogens is 244 g/mol. The van der Waals surface area contributed by atoms with E-state index in [1.165, 1.54) is 0 Å². The lowest BCUT2D eigenvalue weighted by atomic mass is 9.99. The van der Waals surface area contributed by atoms with Crippen molar-refractivity contribution in [1.29, 1.82) is 0 Å². The molecule has 1 rings (SSSR count). The van der Waals surface area contributed by atoms with E-state index in [1.807, 2.05) is 36.4 Å². The van der Waals surface area contributed by atoms with Gasteiger partial charge in [-0.15, -0.1) is 0 Å². The highest BCUT2D eigenvalue weighted by atomic mass is 16.4. The minimum Gasteiger partial charge on any atom is -0.479 e. The minimum absolute atomic E-state index is 0.547. The van der Waals surface area contributed by atoms with E-state index in [0.717, 1.165) is 0 Å². The van der Waals surface area contributed by atoms with Crippen molar-refractivity contribution < 1.29 is 34.8 Å². The summed E-state index contributed by atoms with van der Waals surface area (Å²) in [6, 6.07) is 12.0. The normalized spacial score (nSPS) is 14.3. The van der Waals surface area contributed by atoms with Gasteiger partial charge >= 0.3 is 11.9 Å². The van der Waals surface area contributed by atoms with Crippen LogP contribution in [-0.2, 0) is 14.4 Å². The number of aliphatic hydroxyl groups is 2. The predicted octanol–water partition coefficient (Wildman–Crippen LogP) is -0.867. The van der Waals surface area contributed by atoms with E-state index in [4.69, 9.17) is 20.4 Å². The molecule has 0 amide bonds. The Labute approximate surface area is 102 Å². The van der Waals surface area contributed by atoms with Crippen LogP contribution in [0, 0.1) is 0 Å². The number of aliphatic hydroxyl groups excluding tert-OH is 1. The highest BCUT2D eigenvalue weighted by molar-refractivity contribution is 6.01. The van der Waals surface area contributed by atoms with E-state index < -0.39 is 29.9 Å². The maximum absolute atomic E-state index is 10.1. The van der Waals surface area contributed by atoms with Crippen molar-refractivity contribution in [2.75, 3.05) is 0 Å². The van der Waals surface area contributed by atoms with Crippen LogP contribution in [0.1, 0.15) is 0 Å². The summed E-state index contributed by atoms with van der Waals surface area (Å²) in [5.74, 6) is -4.11. The Bertz CT molecular complexity index is 376. The Kier molecular flexibility index (Phi) is 6.26. The quantitative estimate of drug-likeness (QED) is 0.406. The highest BCUT2D eigenvalue weighted by Crippen LogP contribution is 2.08. The van der Waals surface area contributed by atoms with Crippen LogP contribution in [0.25, 0.3) is 0 Å². The monoisotopic (exact) mass is 256 g/mol. The number of aliphatic carboxylic acids is 2. The Morgan fingerprint density at radius 3 is 1.44 bits per heavy atom. The zero-order chi connectivity index (χ0) is 14.2. The summed E-state index contributed by atoms with van der Waals surface area (Å²) < 4.78 is 0. The topological polar surface area (TPSA) is 132 Å². The summed E-state index contributed by atoms with van der Waals surface area (Å²) in [6.07, 6.45) is -3.22. The van der Waals surface area contributed by atoms with Crippen LogP contribution in [0.3, 0.4) is 0 Å². The molecule has 2 atom stereocenters. The van der Waals surface area contributed by atoms with Crippen molar-refractivity contribution in [1.82, 2.24) is 0 Å². The van der Waals surface area contributed by atoms with Gasteiger partial charge in [-0.3, -0.25) is 4.79 Å². The first-order valence-electron chi connectivity index (χ1n) is 4.69. The summed E-state index contributed by atoms with van der Waals surface area (Å²) in [5.41, 5.74) is -3.29. The average molecular weight is 256 g/mol. The number of aldehydes is 1. The van der Waals surface area contributed by atoms with E-state index >= 15 is 0 Å². The van der Waals surface area contributed by atoms with Crippen molar-refractivity contribution in [2.24, 2.45) is 0 Å². The van der Waals surface area contributed by atoms with Crippen molar-refractivity contribution in [3.63, 3.8) is 0 Å². The van der Waals surface area contributed by atoms with Crippen LogP contribution in [0.5, 0.6) is 0 Å². The molecule has 7 nitrogen and oxygen atoms in total. The van der Waals surface area contributed by atoms with Gasteiger partial charge < -0.3 is 20.4 Å². The summed E-state index contributed by atoms with van der Waals surface area (Å²) in [6.45, 7) is 0. The number of hydrogen-bond donors (Lipinski definition) is 4. The van der Waals surface area contributed by atoms with Crippen molar-refractivity contribution >= 4 is 18.2 Å². The zero-order valence-electron chi connectivity index (χ0n) is 9.13. The molecule has 98 valence electrons. The average Bonchev–Trinajstić information content (AvgIpc) is 2.39. The van der Waals surface area contributed by atoms with E-state index in [2.05, 4.69) is 0 Å². The van der Waals surface area contributed by atoms with E-state index in [9.17, 15) is 14.4 Å². The van der Waals surface area contributed by atoms with Gasteiger partial charge in [-0.2, -0.15) is 0 Å². The molecule has 18 heavy (non-hydrogen) atoms. The first-order chi connectivity index (χ1) is 8.36. The van der Waals surface area contributed by atoms with Crippen molar-refractivity contribution in [3.8, 4) is 0 Å². The lowest BCUT2D eigenvalue weighted by Crippen LogP contribution is -2.54. The third kappa shape index (κ3) is 4.32. The molecule has 0 heterocycles. The first-order valence-corrected chi connectivity index (χ1v) is 4.69. The largest absolute Gasteiger partial charge is 0.479 e. The van der Waals surface area contributed by atoms with Crippen LogP contribution >= 0.6 is 0 Å². The summed E-state index contributed by atoms with van der Waals surface area (Å²) >= 11 is 0. The molecule has 0 saturated heterocycles. The molecule has 0 bridgehead atoms. The van der Waals surface area contributed by atoms with Gasteiger partial charge in [0.15, 0.2) is 12.4 Å². The molecule has 1 aromatic carbocycles. The van der Waals surface area contributed by atoms with Crippen LogP contribution in [0.2, 0.25) is 0 Å². The summed E-state index contributed by atoms with van der Waals surface area (Å²) in [7, 11) is 0. The van der Waals surface area contributed by atoms with Crippen LogP contribution in [0.4, 0.5) is 0 Å². The molecule has 0 saturated carbocycles. The van der Waals surface area contributed by atoms with Crippen LogP contribution in [0.15, 0.2) is 36.4 Å². The van der Waals surface area contributed by atoms with Crippen molar-refractivity contribution in [3.05, 3.63) is 36.4 Å². The Balaban J connectivity index is 0.000000397. The fourth-order valence-electron chi connectivity index (χ4n) is 0.805. The summed E-state index contributed by atoms with van der Waals surface area (Å²) in [4.78, 5) is 30.0. The number of carboxylic acids is 2. The standard InChI is InChI=1S/C6H6.C5H6O7/c1-2-4-6-5-3-1;6-1-5(12,4(10)11)2(7)3(8)9/h1-6H;1-2,7,12H,(H,8,9)(H,10,11). The number of rotatable bonds is 4. The molecule has 0 spiro atoms. The molecule has 1 aromatic rings. The van der Waals surface area contributed by atoms with Gasteiger partial charge in [0, 0.05) is 0 Å². The van der Waals surface area contributed by atoms with Crippen LogP contribution < -0.4 is 0 Å². The Morgan fingerprint density at radius 1 is 1.00 bits per heavy atom. The van der Waals surface area contributed by atoms with E-state index in [1.54, 1.807) is 0 Å². The SMILES string of the molecule is O=CC(O)(C(=O)O)C(O)C(=O)O.c1ccccc1. The van der Waals surface area contributed by atoms with Gasteiger partial charge in [-0.05, 0) is 0 Å². The number of carboxylic acid groups (broad SMARTS) is 2. The maximum atomic E-state index is 10.1. The maximum Gasteiger partial charge on any atom is 0.346 e. The molecule has 0 aliphatic heterocycles. The molecule has 0 fully saturated rings. The smallest absolute Gasteiger partial charge is 0.346 e. The van der Waals surface area contributed by atoms with Gasteiger partial charge in [0.05, 0.1) is 0 Å². The Hall–Kier alpha value is -2.25. The minimum atomic E-state index is -3.29. The third-order valence-electron chi connectivity index (χ3n) is 1.84. The zero-order valence-corrected chi connectivity index (χ0v) is 9.13. The van der Waals surface area contributed by atoms with Crippen molar-refractivity contribution in [2.45, 2.75) is 11.7 Å². The van der Waals surface area contributed by atoms with Crippen LogP contribution in [-0.4, -0.2) is 50.4 Å². The fourth-order valence-corrected chi connectivity index (χ4v) is 0.805. The molecule has 0 aliphatic carbocycles. The highest BCUT2D eigenvalue weighted by Gasteiger charge is 2.48. The second-order valence-electron chi connectivity index (χ2n) is 3.14. The van der Waals surface area contributed by atoms with E-state index in [-0.39, 0.29) is 0 Å². The molecule has 0 radical (unpaired) electrons. The lowest BCUT2D eigenvalue weighted by molar-refractivity contribution is -0.182. The van der Waals surface area contributed by atoms with Gasteiger partial charge in [-0.1, -0.05) is 36.4 Å². The lowest BCUT2D eigenvalue weighted by Gasteiger charge is -2.18. The molecule has 0 aromatic heterocycles. The fraction of sp³-hybridized carbons (Fsp3) is 0.182. The molecule has 0 aliphatic rings. The number of carbonyl (C=O) groups is 3. The second-order valence-corrected chi connectivity index (χ2v) is 3.14. The number of benzene rings is 1. The van der Waals surface area contributed by atoms with Gasteiger partial charge in [0.2, 0.25) is 0 Å². The molecular formula is C11H12O7. The number of hydrogen-bond acceptors (Lipinski definition) is 5. The van der Waals surface area contributed by atoms with E-state index in [0.29, 0.717) is 0 Å². The third-order valence-corrected chi connectivity index (χ3v) is 1.84. The second kappa shape index (κ2) is 7.15. The van der Waals surface area contributed by atoms with Gasteiger partial charge in [0.1, 0.15) is 0 Å². The predicted molar refractivity (Wildman–Crippen MR) is 58.7 cm³/mol. The van der Waals surface area contributed by atoms with Gasteiger partial charge in [-0.25, -0.2) is 9.59 Å². The Morgan fingerprint density at radius 2 is 1.33 bits per heavy atom.